The molecule has 0 aliphatic carbocycles. The largest absolute Gasteiger partial charge is 0.320 e. The molecule has 0 heterocycles. The third-order valence-electron chi connectivity index (χ3n) is 3.54. The number of rotatable bonds is 2. The fraction of sp³-hybridized carbons (Fsp3) is 0.0588. The van der Waals surface area contributed by atoms with Gasteiger partial charge in [0.2, 0.25) is 0 Å². The molecule has 3 aromatic rings. The summed E-state index contributed by atoms with van der Waals surface area (Å²) in [4.78, 5) is 0. The topological polar surface area (TPSA) is 26.0 Å². The smallest absolute Gasteiger partial charge is 0.124 e. The van der Waals surface area contributed by atoms with Gasteiger partial charge in [-0.25, -0.2) is 4.39 Å². The molecule has 0 saturated carbocycles. The van der Waals surface area contributed by atoms with E-state index in [1.165, 1.54) is 12.1 Å². The Morgan fingerprint density at radius 1 is 0.810 bits per heavy atom. The minimum Gasteiger partial charge on any atom is -0.320 e. The summed E-state index contributed by atoms with van der Waals surface area (Å²) in [6, 6.07) is 16.4. The molecule has 0 radical (unpaired) electrons. The molecule has 1 nitrogen and oxygen atoms in total. The summed E-state index contributed by atoms with van der Waals surface area (Å²) in [7, 11) is 0. The SMILES string of the molecule is NC(c1ccc(F)cc1Br)c1ccc(Br)c2ccccc12. The number of benzene rings is 3. The molecule has 0 aromatic heterocycles. The molecule has 0 spiro atoms. The molecule has 0 bridgehead atoms. The van der Waals surface area contributed by atoms with Crippen molar-refractivity contribution in [3.8, 4) is 0 Å². The van der Waals surface area contributed by atoms with Crippen molar-refractivity contribution in [1.82, 2.24) is 0 Å². The number of nitrogens with two attached hydrogens (primary N) is 1. The lowest BCUT2D eigenvalue weighted by molar-refractivity contribution is 0.625. The van der Waals surface area contributed by atoms with Gasteiger partial charge in [-0.15, -0.1) is 0 Å². The Labute approximate surface area is 139 Å². The average Bonchev–Trinajstić information content (AvgIpc) is 2.47. The van der Waals surface area contributed by atoms with Gasteiger partial charge >= 0.3 is 0 Å². The van der Waals surface area contributed by atoms with Crippen LogP contribution < -0.4 is 5.73 Å². The van der Waals surface area contributed by atoms with Crippen molar-refractivity contribution >= 4 is 42.6 Å². The maximum Gasteiger partial charge on any atom is 0.124 e. The Bertz CT molecular complexity index is 817. The fourth-order valence-electron chi connectivity index (χ4n) is 2.48. The molecular formula is C17H12Br2FN. The van der Waals surface area contributed by atoms with Crippen LogP contribution in [0.2, 0.25) is 0 Å². The van der Waals surface area contributed by atoms with Crippen molar-refractivity contribution in [2.45, 2.75) is 6.04 Å². The highest BCUT2D eigenvalue weighted by Gasteiger charge is 2.16. The van der Waals surface area contributed by atoms with Crippen molar-refractivity contribution in [3.05, 3.63) is 80.5 Å². The molecule has 21 heavy (non-hydrogen) atoms. The van der Waals surface area contributed by atoms with Crippen LogP contribution in [-0.4, -0.2) is 0 Å². The molecule has 1 unspecified atom stereocenters. The van der Waals surface area contributed by atoms with E-state index in [0.717, 1.165) is 26.4 Å². The number of hydrogen-bond acceptors (Lipinski definition) is 1. The highest BCUT2D eigenvalue weighted by Crippen LogP contribution is 2.34. The molecule has 0 fully saturated rings. The molecule has 4 heteroatoms. The molecule has 3 aromatic carbocycles. The zero-order valence-corrected chi connectivity index (χ0v) is 14.2. The summed E-state index contributed by atoms with van der Waals surface area (Å²) < 4.78 is 15.0. The van der Waals surface area contributed by atoms with Gasteiger partial charge < -0.3 is 5.73 Å². The Balaban J connectivity index is 2.18. The first kappa shape index (κ1) is 14.7. The first-order chi connectivity index (χ1) is 10.1. The minimum atomic E-state index is -0.321. The Morgan fingerprint density at radius 3 is 2.19 bits per heavy atom. The molecule has 0 aliphatic heterocycles. The summed E-state index contributed by atoms with van der Waals surface area (Å²) in [6.45, 7) is 0. The quantitative estimate of drug-likeness (QED) is 0.590. The third kappa shape index (κ3) is 2.76. The van der Waals surface area contributed by atoms with E-state index >= 15 is 0 Å². The van der Waals surface area contributed by atoms with Gasteiger partial charge in [0.1, 0.15) is 5.82 Å². The molecule has 0 saturated heterocycles. The second-order valence-electron chi connectivity index (χ2n) is 4.83. The van der Waals surface area contributed by atoms with Crippen LogP contribution in [0.4, 0.5) is 4.39 Å². The highest BCUT2D eigenvalue weighted by atomic mass is 79.9. The van der Waals surface area contributed by atoms with E-state index in [1.54, 1.807) is 6.07 Å². The van der Waals surface area contributed by atoms with Crippen LogP contribution in [0.1, 0.15) is 17.2 Å². The van der Waals surface area contributed by atoms with Crippen molar-refractivity contribution in [3.63, 3.8) is 0 Å². The second kappa shape index (κ2) is 5.87. The molecular weight excluding hydrogens is 397 g/mol. The Morgan fingerprint density at radius 2 is 1.48 bits per heavy atom. The van der Waals surface area contributed by atoms with Gasteiger partial charge in [0.25, 0.3) is 0 Å². The summed E-state index contributed by atoms with van der Waals surface area (Å²) in [5, 5.41) is 2.21. The van der Waals surface area contributed by atoms with Crippen LogP contribution >= 0.6 is 31.9 Å². The predicted octanol–water partition coefficient (Wildman–Crippen LogP) is 5.55. The van der Waals surface area contributed by atoms with Crippen LogP contribution in [0.15, 0.2) is 63.5 Å². The maximum atomic E-state index is 13.2. The van der Waals surface area contributed by atoms with Gasteiger partial charge in [-0.1, -0.05) is 68.3 Å². The summed E-state index contributed by atoms with van der Waals surface area (Å²) in [6.07, 6.45) is 0. The molecule has 2 N–H and O–H groups in total. The predicted molar refractivity (Wildman–Crippen MR) is 91.8 cm³/mol. The van der Waals surface area contributed by atoms with Crippen LogP contribution in [0.3, 0.4) is 0 Å². The average molecular weight is 409 g/mol. The van der Waals surface area contributed by atoms with E-state index in [2.05, 4.69) is 37.9 Å². The van der Waals surface area contributed by atoms with Gasteiger partial charge in [0, 0.05) is 8.95 Å². The molecule has 3 rings (SSSR count). The number of hydrogen-bond donors (Lipinski definition) is 1. The molecule has 0 aliphatic rings. The summed E-state index contributed by atoms with van der Waals surface area (Å²) in [5.74, 6) is -0.279. The standard InChI is InChI=1S/C17H12Br2FN/c18-15-8-7-13(11-3-1-2-4-12(11)15)17(21)14-6-5-10(20)9-16(14)19/h1-9,17H,21H2. The van der Waals surface area contributed by atoms with E-state index in [0.29, 0.717) is 4.47 Å². The fourth-order valence-corrected chi connectivity index (χ4v) is 3.55. The lowest BCUT2D eigenvalue weighted by Crippen LogP contribution is -2.13. The Hall–Kier alpha value is -1.23. The summed E-state index contributed by atoms with van der Waals surface area (Å²) >= 11 is 6.95. The van der Waals surface area contributed by atoms with E-state index < -0.39 is 0 Å². The van der Waals surface area contributed by atoms with Gasteiger partial charge in [0.05, 0.1) is 6.04 Å². The van der Waals surface area contributed by atoms with E-state index in [4.69, 9.17) is 5.73 Å². The minimum absolute atomic E-state index is 0.279. The number of halogens is 3. The summed E-state index contributed by atoms with van der Waals surface area (Å²) in [5.41, 5.74) is 8.30. The van der Waals surface area contributed by atoms with E-state index in [-0.39, 0.29) is 11.9 Å². The van der Waals surface area contributed by atoms with Crippen LogP contribution in [-0.2, 0) is 0 Å². The molecule has 0 amide bonds. The van der Waals surface area contributed by atoms with Crippen LogP contribution in [0, 0.1) is 5.82 Å². The third-order valence-corrected chi connectivity index (χ3v) is 4.92. The highest BCUT2D eigenvalue weighted by molar-refractivity contribution is 9.11. The zero-order valence-electron chi connectivity index (χ0n) is 11.0. The van der Waals surface area contributed by atoms with Gasteiger partial charge in [0.15, 0.2) is 0 Å². The Kier molecular flexibility index (Phi) is 4.11. The van der Waals surface area contributed by atoms with Gasteiger partial charge in [-0.2, -0.15) is 0 Å². The van der Waals surface area contributed by atoms with Crippen molar-refractivity contribution < 1.29 is 4.39 Å². The zero-order chi connectivity index (χ0) is 15.0. The van der Waals surface area contributed by atoms with E-state index in [9.17, 15) is 4.39 Å². The molecule has 1 atom stereocenters. The van der Waals surface area contributed by atoms with Gasteiger partial charge in [-0.3, -0.25) is 0 Å². The van der Waals surface area contributed by atoms with E-state index in [1.807, 2.05) is 30.3 Å². The number of fused-ring (bicyclic) bond motifs is 1. The van der Waals surface area contributed by atoms with Crippen molar-refractivity contribution in [1.29, 1.82) is 0 Å². The lowest BCUT2D eigenvalue weighted by Gasteiger charge is -2.17. The first-order valence-corrected chi connectivity index (χ1v) is 8.04. The van der Waals surface area contributed by atoms with Crippen LogP contribution in [0.25, 0.3) is 10.8 Å². The van der Waals surface area contributed by atoms with Crippen molar-refractivity contribution in [2.75, 3.05) is 0 Å². The van der Waals surface area contributed by atoms with Gasteiger partial charge in [-0.05, 0) is 40.1 Å². The van der Waals surface area contributed by atoms with Crippen LogP contribution in [0.5, 0.6) is 0 Å². The second-order valence-corrected chi connectivity index (χ2v) is 6.53. The molecule has 106 valence electrons. The first-order valence-electron chi connectivity index (χ1n) is 6.45. The monoisotopic (exact) mass is 407 g/mol. The maximum absolute atomic E-state index is 13.2. The lowest BCUT2D eigenvalue weighted by atomic mass is 9.94. The normalized spacial score (nSPS) is 12.6. The van der Waals surface area contributed by atoms with Crippen molar-refractivity contribution in [2.24, 2.45) is 5.73 Å².